The number of nitrogens with zero attached hydrogens (tertiary/aromatic N) is 4. The van der Waals surface area contributed by atoms with E-state index in [4.69, 9.17) is 4.74 Å². The zero-order chi connectivity index (χ0) is 15.5. The van der Waals surface area contributed by atoms with Gasteiger partial charge in [0.15, 0.2) is 0 Å². The van der Waals surface area contributed by atoms with Crippen LogP contribution in [0.3, 0.4) is 0 Å². The molecule has 0 N–H and O–H groups in total. The molecule has 2 aliphatic heterocycles. The number of carbonyl (C=O) groups excluding carboxylic acids is 1. The van der Waals surface area contributed by atoms with Crippen molar-refractivity contribution in [1.29, 1.82) is 0 Å². The van der Waals surface area contributed by atoms with Gasteiger partial charge in [0.2, 0.25) is 5.91 Å². The number of rotatable bonds is 4. The van der Waals surface area contributed by atoms with Crippen LogP contribution in [0.25, 0.3) is 0 Å². The molecule has 1 aromatic heterocycles. The SMILES string of the molecule is CO[C@H]1CN(c2ccnc(C)n2)C[C@@H]1CC(=O)N1CCCC1. The molecule has 1 amide bonds. The molecule has 0 spiro atoms. The molecule has 0 radical (unpaired) electrons. The third kappa shape index (κ3) is 3.21. The average molecular weight is 304 g/mol. The van der Waals surface area contributed by atoms with E-state index in [1.54, 1.807) is 13.3 Å². The van der Waals surface area contributed by atoms with Crippen molar-refractivity contribution in [3.63, 3.8) is 0 Å². The van der Waals surface area contributed by atoms with Crippen LogP contribution < -0.4 is 4.90 Å². The van der Waals surface area contributed by atoms with E-state index in [9.17, 15) is 4.79 Å². The summed E-state index contributed by atoms with van der Waals surface area (Å²) in [5.41, 5.74) is 0. The number of aromatic nitrogens is 2. The van der Waals surface area contributed by atoms with Crippen LogP contribution in [-0.2, 0) is 9.53 Å². The second kappa shape index (κ2) is 6.60. The van der Waals surface area contributed by atoms with Crippen LogP contribution in [0.1, 0.15) is 25.1 Å². The predicted molar refractivity (Wildman–Crippen MR) is 83.7 cm³/mol. The number of methoxy groups -OCH3 is 1. The number of likely N-dealkylation sites (tertiary alicyclic amines) is 1. The maximum absolute atomic E-state index is 12.4. The van der Waals surface area contributed by atoms with Crippen LogP contribution >= 0.6 is 0 Å². The highest BCUT2D eigenvalue weighted by atomic mass is 16.5. The lowest BCUT2D eigenvalue weighted by Gasteiger charge is -2.20. The van der Waals surface area contributed by atoms with Gasteiger partial charge in [0.1, 0.15) is 11.6 Å². The van der Waals surface area contributed by atoms with Gasteiger partial charge >= 0.3 is 0 Å². The van der Waals surface area contributed by atoms with Gasteiger partial charge in [0.05, 0.1) is 6.10 Å². The number of anilines is 1. The molecule has 6 nitrogen and oxygen atoms in total. The zero-order valence-electron chi connectivity index (χ0n) is 13.4. The molecule has 0 saturated carbocycles. The van der Waals surface area contributed by atoms with Crippen LogP contribution in [0.4, 0.5) is 5.82 Å². The second-order valence-electron chi connectivity index (χ2n) is 6.19. The summed E-state index contributed by atoms with van der Waals surface area (Å²) in [5.74, 6) is 2.19. The lowest BCUT2D eigenvalue weighted by molar-refractivity contribution is -0.131. The van der Waals surface area contributed by atoms with Gasteiger partial charge in [-0.15, -0.1) is 0 Å². The minimum Gasteiger partial charge on any atom is -0.379 e. The van der Waals surface area contributed by atoms with Crippen molar-refractivity contribution in [2.75, 3.05) is 38.2 Å². The Labute approximate surface area is 131 Å². The van der Waals surface area contributed by atoms with Crippen molar-refractivity contribution in [2.24, 2.45) is 5.92 Å². The van der Waals surface area contributed by atoms with Crippen molar-refractivity contribution in [3.05, 3.63) is 18.1 Å². The Morgan fingerprint density at radius 1 is 1.36 bits per heavy atom. The summed E-state index contributed by atoms with van der Waals surface area (Å²) in [6.45, 7) is 5.32. The van der Waals surface area contributed by atoms with E-state index in [-0.39, 0.29) is 17.9 Å². The van der Waals surface area contributed by atoms with Gasteiger partial charge in [0, 0.05) is 51.8 Å². The Morgan fingerprint density at radius 3 is 2.82 bits per heavy atom. The Bertz CT molecular complexity index is 531. The Kier molecular flexibility index (Phi) is 4.57. The van der Waals surface area contributed by atoms with Gasteiger partial charge in [-0.3, -0.25) is 4.79 Å². The molecule has 2 saturated heterocycles. The fourth-order valence-electron chi connectivity index (χ4n) is 3.43. The standard InChI is InChI=1S/C16H24N4O2/c1-12-17-6-5-15(18-12)20-10-13(14(11-20)22-2)9-16(21)19-7-3-4-8-19/h5-6,13-14H,3-4,7-11H2,1-2H3/t13-,14-/m0/s1. The molecule has 22 heavy (non-hydrogen) atoms. The molecule has 0 aliphatic carbocycles. The first-order valence-electron chi connectivity index (χ1n) is 8.02. The minimum absolute atomic E-state index is 0.0850. The number of amides is 1. The molecule has 1 aromatic rings. The van der Waals surface area contributed by atoms with E-state index in [2.05, 4.69) is 14.9 Å². The van der Waals surface area contributed by atoms with E-state index < -0.39 is 0 Å². The number of hydrogen-bond acceptors (Lipinski definition) is 5. The highest BCUT2D eigenvalue weighted by molar-refractivity contribution is 5.77. The van der Waals surface area contributed by atoms with Crippen molar-refractivity contribution in [2.45, 2.75) is 32.3 Å². The summed E-state index contributed by atoms with van der Waals surface area (Å²) in [5, 5.41) is 0. The second-order valence-corrected chi connectivity index (χ2v) is 6.19. The van der Waals surface area contributed by atoms with Gasteiger partial charge in [0.25, 0.3) is 0 Å². The zero-order valence-corrected chi connectivity index (χ0v) is 13.4. The smallest absolute Gasteiger partial charge is 0.223 e. The molecule has 2 atom stereocenters. The highest BCUT2D eigenvalue weighted by Gasteiger charge is 2.36. The Morgan fingerprint density at radius 2 is 2.14 bits per heavy atom. The van der Waals surface area contributed by atoms with E-state index >= 15 is 0 Å². The van der Waals surface area contributed by atoms with Gasteiger partial charge in [-0.1, -0.05) is 0 Å². The van der Waals surface area contributed by atoms with Crippen molar-refractivity contribution in [3.8, 4) is 0 Å². The molecule has 6 heteroatoms. The molecule has 2 aliphatic rings. The van der Waals surface area contributed by atoms with Crippen molar-refractivity contribution in [1.82, 2.24) is 14.9 Å². The lowest BCUT2D eigenvalue weighted by Crippen LogP contribution is -2.32. The average Bonchev–Trinajstić information content (AvgIpc) is 3.16. The molecule has 2 fully saturated rings. The third-order valence-electron chi connectivity index (χ3n) is 4.66. The van der Waals surface area contributed by atoms with Crippen LogP contribution in [0.2, 0.25) is 0 Å². The largest absolute Gasteiger partial charge is 0.379 e. The van der Waals surface area contributed by atoms with E-state index in [0.717, 1.165) is 50.7 Å². The summed E-state index contributed by atoms with van der Waals surface area (Å²) in [6.07, 6.45) is 4.70. The molecule has 0 bridgehead atoms. The van der Waals surface area contributed by atoms with E-state index in [1.807, 2.05) is 17.9 Å². The van der Waals surface area contributed by atoms with Gasteiger partial charge < -0.3 is 14.5 Å². The third-order valence-corrected chi connectivity index (χ3v) is 4.66. The number of aryl methyl sites for hydroxylation is 1. The summed E-state index contributed by atoms with van der Waals surface area (Å²) < 4.78 is 5.61. The van der Waals surface area contributed by atoms with Crippen molar-refractivity contribution < 1.29 is 9.53 Å². The van der Waals surface area contributed by atoms with Gasteiger partial charge in [-0.05, 0) is 25.8 Å². The van der Waals surface area contributed by atoms with Crippen LogP contribution in [0.5, 0.6) is 0 Å². The number of ether oxygens (including phenoxy) is 1. The Hall–Kier alpha value is -1.69. The summed E-state index contributed by atoms with van der Waals surface area (Å²) >= 11 is 0. The highest BCUT2D eigenvalue weighted by Crippen LogP contribution is 2.27. The summed E-state index contributed by atoms with van der Waals surface area (Å²) in [4.78, 5) is 25.2. The topological polar surface area (TPSA) is 58.6 Å². The molecule has 3 rings (SSSR count). The fourth-order valence-corrected chi connectivity index (χ4v) is 3.43. The first kappa shape index (κ1) is 15.2. The van der Waals surface area contributed by atoms with Crippen LogP contribution in [0.15, 0.2) is 12.3 Å². The number of carbonyl (C=O) groups is 1. The lowest BCUT2D eigenvalue weighted by atomic mass is 10.0. The monoisotopic (exact) mass is 304 g/mol. The quantitative estimate of drug-likeness (QED) is 0.838. The Balaban J connectivity index is 1.65. The van der Waals surface area contributed by atoms with E-state index in [1.165, 1.54) is 0 Å². The maximum atomic E-state index is 12.4. The number of hydrogen-bond donors (Lipinski definition) is 0. The molecular formula is C16H24N4O2. The minimum atomic E-state index is 0.0850. The van der Waals surface area contributed by atoms with Gasteiger partial charge in [-0.25, -0.2) is 9.97 Å². The fraction of sp³-hybridized carbons (Fsp3) is 0.688. The van der Waals surface area contributed by atoms with Crippen LogP contribution in [0, 0.1) is 12.8 Å². The molecular weight excluding hydrogens is 280 g/mol. The van der Waals surface area contributed by atoms with Crippen LogP contribution in [-0.4, -0.2) is 60.2 Å². The summed E-state index contributed by atoms with van der Waals surface area (Å²) in [7, 11) is 1.73. The molecule has 3 heterocycles. The maximum Gasteiger partial charge on any atom is 0.223 e. The van der Waals surface area contributed by atoms with Gasteiger partial charge in [-0.2, -0.15) is 0 Å². The van der Waals surface area contributed by atoms with Crippen molar-refractivity contribution >= 4 is 11.7 Å². The molecule has 0 aromatic carbocycles. The van der Waals surface area contributed by atoms with E-state index in [0.29, 0.717) is 6.42 Å². The summed E-state index contributed by atoms with van der Waals surface area (Å²) in [6, 6.07) is 1.92. The predicted octanol–water partition coefficient (Wildman–Crippen LogP) is 1.25. The first-order valence-corrected chi connectivity index (χ1v) is 8.02. The molecule has 0 unspecified atom stereocenters. The normalized spacial score (nSPS) is 25.0. The molecule has 120 valence electrons. The first-order chi connectivity index (χ1) is 10.7.